The molecule has 0 unspecified atom stereocenters. The molecule has 0 aliphatic rings. The van der Waals surface area contributed by atoms with E-state index in [1.165, 1.54) is 53.2 Å². The van der Waals surface area contributed by atoms with Crippen LogP contribution >= 0.6 is 0 Å². The van der Waals surface area contributed by atoms with Gasteiger partial charge in [-0.1, -0.05) is 6.07 Å². The minimum Gasteiger partial charge on any atom is -0.493 e. The zero-order valence-electron chi connectivity index (χ0n) is 19.7. The molecule has 5 aromatic rings. The summed E-state index contributed by atoms with van der Waals surface area (Å²) in [5.41, 5.74) is 0.644. The molecule has 0 spiro atoms. The van der Waals surface area contributed by atoms with E-state index in [2.05, 4.69) is 5.10 Å². The average Bonchev–Trinajstić information content (AvgIpc) is 3.37. The Bertz CT molecular complexity index is 1660. The summed E-state index contributed by atoms with van der Waals surface area (Å²) in [5.74, 6) is -1.11. The Balaban J connectivity index is 1.43. The summed E-state index contributed by atoms with van der Waals surface area (Å²) < 4.78 is 42.4. The number of benzene rings is 2. The second kappa shape index (κ2) is 10.1. The lowest BCUT2D eigenvalue weighted by molar-refractivity contribution is 0.0987. The quantitative estimate of drug-likeness (QED) is 0.267. The number of aromatic nitrogens is 3. The Morgan fingerprint density at radius 3 is 2.51 bits per heavy atom. The molecule has 3 aromatic heterocycles. The van der Waals surface area contributed by atoms with E-state index in [9.17, 15) is 18.4 Å². The summed E-state index contributed by atoms with van der Waals surface area (Å²) in [6.07, 6.45) is 4.58. The van der Waals surface area contributed by atoms with Crippen LogP contribution < -0.4 is 15.0 Å². The van der Waals surface area contributed by atoms with Crippen LogP contribution in [0.2, 0.25) is 0 Å². The van der Waals surface area contributed by atoms with Gasteiger partial charge in [0.05, 0.1) is 12.8 Å². The highest BCUT2D eigenvalue weighted by molar-refractivity contribution is 5.99. The summed E-state index contributed by atoms with van der Waals surface area (Å²) in [4.78, 5) is 26.5. The average molecular weight is 501 g/mol. The number of carbonyl (C=O) groups excluding carboxylic acids is 1. The van der Waals surface area contributed by atoms with Crippen molar-refractivity contribution in [3.05, 3.63) is 118 Å². The van der Waals surface area contributed by atoms with E-state index < -0.39 is 23.0 Å². The second-order valence-electron chi connectivity index (χ2n) is 8.14. The molecular formula is C28H21F2N3O4. The number of Topliss-reactive ketones (excluding diaryl/α,β-unsaturated/α-hetero) is 1. The number of carbonyl (C=O) groups is 1. The van der Waals surface area contributed by atoms with Crippen molar-refractivity contribution in [2.75, 3.05) is 6.61 Å². The fraction of sp³-hybridized carbons (Fsp3) is 0.107. The van der Waals surface area contributed by atoms with E-state index in [1.54, 1.807) is 48.1 Å². The minimum absolute atomic E-state index is 0.0149. The van der Waals surface area contributed by atoms with E-state index >= 15 is 0 Å². The van der Waals surface area contributed by atoms with Crippen molar-refractivity contribution in [3.8, 4) is 22.9 Å². The molecule has 0 atom stereocenters. The molecule has 0 saturated heterocycles. The Hall–Kier alpha value is -4.79. The first-order valence-corrected chi connectivity index (χ1v) is 11.5. The zero-order valence-corrected chi connectivity index (χ0v) is 19.7. The Morgan fingerprint density at radius 2 is 1.76 bits per heavy atom. The molecule has 9 heteroatoms. The van der Waals surface area contributed by atoms with Gasteiger partial charge in [0.15, 0.2) is 23.1 Å². The maximum Gasteiger partial charge on any atom is 0.269 e. The molecule has 2 aromatic carbocycles. The number of hydrogen-bond acceptors (Lipinski definition) is 5. The van der Waals surface area contributed by atoms with Gasteiger partial charge in [-0.3, -0.25) is 14.2 Å². The number of ether oxygens (including phenoxy) is 2. The van der Waals surface area contributed by atoms with Crippen molar-refractivity contribution in [1.82, 2.24) is 14.2 Å². The van der Waals surface area contributed by atoms with Crippen LogP contribution in [-0.2, 0) is 6.42 Å². The summed E-state index contributed by atoms with van der Waals surface area (Å²) >= 11 is 0. The molecule has 186 valence electrons. The van der Waals surface area contributed by atoms with Gasteiger partial charge in [-0.05, 0) is 73.2 Å². The number of hydrogen-bond donors (Lipinski definition) is 0. The van der Waals surface area contributed by atoms with Gasteiger partial charge in [-0.2, -0.15) is 5.10 Å². The largest absolute Gasteiger partial charge is 0.493 e. The molecule has 7 nitrogen and oxygen atoms in total. The van der Waals surface area contributed by atoms with Crippen molar-refractivity contribution in [3.63, 3.8) is 0 Å². The SMILES string of the molecule is CCOc1ccn(-c2ccc(F)cc2)c(=O)c1C(=O)Cc1ccc(Oc2cccn3nccc23)c(F)c1. The van der Waals surface area contributed by atoms with Gasteiger partial charge in [-0.15, -0.1) is 0 Å². The highest BCUT2D eigenvalue weighted by atomic mass is 19.1. The van der Waals surface area contributed by atoms with Crippen molar-refractivity contribution in [2.45, 2.75) is 13.3 Å². The molecule has 0 aliphatic heterocycles. The third-order valence-corrected chi connectivity index (χ3v) is 5.72. The lowest BCUT2D eigenvalue weighted by atomic mass is 10.0. The molecule has 3 heterocycles. The summed E-state index contributed by atoms with van der Waals surface area (Å²) in [6.45, 7) is 1.98. The molecule has 0 fully saturated rings. The van der Waals surface area contributed by atoms with E-state index in [1.807, 2.05) is 0 Å². The third-order valence-electron chi connectivity index (χ3n) is 5.72. The Labute approximate surface area is 210 Å². The van der Waals surface area contributed by atoms with Gasteiger partial charge < -0.3 is 9.47 Å². The van der Waals surface area contributed by atoms with Gasteiger partial charge in [0, 0.05) is 24.5 Å². The van der Waals surface area contributed by atoms with E-state index in [0.29, 0.717) is 22.5 Å². The normalized spacial score (nSPS) is 11.0. The molecule has 5 rings (SSSR count). The van der Waals surface area contributed by atoms with Gasteiger partial charge >= 0.3 is 0 Å². The van der Waals surface area contributed by atoms with Gasteiger partial charge in [0.2, 0.25) is 0 Å². The number of halogens is 2. The zero-order chi connectivity index (χ0) is 25.9. The fourth-order valence-electron chi connectivity index (χ4n) is 4.00. The number of ketones is 1. The van der Waals surface area contributed by atoms with E-state index in [4.69, 9.17) is 9.47 Å². The van der Waals surface area contributed by atoms with E-state index in [0.717, 1.165) is 0 Å². The lowest BCUT2D eigenvalue weighted by Crippen LogP contribution is -2.27. The number of nitrogens with zero attached hydrogens (tertiary/aromatic N) is 3. The number of rotatable bonds is 8. The maximum absolute atomic E-state index is 14.9. The van der Waals surface area contributed by atoms with Crippen molar-refractivity contribution in [2.24, 2.45) is 0 Å². The van der Waals surface area contributed by atoms with Crippen LogP contribution in [0.1, 0.15) is 22.8 Å². The van der Waals surface area contributed by atoms with Crippen LogP contribution in [0.4, 0.5) is 8.78 Å². The van der Waals surface area contributed by atoms with Crippen LogP contribution in [0.15, 0.2) is 90.1 Å². The summed E-state index contributed by atoms with van der Waals surface area (Å²) in [5, 5.41) is 4.13. The number of pyridine rings is 2. The first-order valence-electron chi connectivity index (χ1n) is 11.5. The Kier molecular flexibility index (Phi) is 6.51. The minimum atomic E-state index is -0.659. The van der Waals surface area contributed by atoms with Crippen molar-refractivity contribution < 1.29 is 23.0 Å². The van der Waals surface area contributed by atoms with Gasteiger partial charge in [0.1, 0.15) is 22.6 Å². The van der Waals surface area contributed by atoms with Crippen LogP contribution in [0, 0.1) is 11.6 Å². The standard InChI is InChI=1S/C28H21F2N3O4/c1-2-36-26-12-15-32(20-8-6-19(29)7-9-20)28(35)27(26)23(34)17-18-5-10-24(21(30)16-18)37-25-4-3-14-33-22(25)11-13-31-33/h3-16H,2,17H2,1H3. The number of fused-ring (bicyclic) bond motifs is 1. The lowest BCUT2D eigenvalue weighted by Gasteiger charge is -2.13. The molecule has 0 bridgehead atoms. The molecule has 0 saturated carbocycles. The molecule has 0 N–H and O–H groups in total. The highest BCUT2D eigenvalue weighted by Crippen LogP contribution is 2.29. The predicted molar refractivity (Wildman–Crippen MR) is 133 cm³/mol. The summed E-state index contributed by atoms with van der Waals surface area (Å²) in [7, 11) is 0. The van der Waals surface area contributed by atoms with Gasteiger partial charge in [-0.25, -0.2) is 13.3 Å². The predicted octanol–water partition coefficient (Wildman–Crippen LogP) is 5.38. The fourth-order valence-corrected chi connectivity index (χ4v) is 4.00. The molecule has 0 amide bonds. The van der Waals surface area contributed by atoms with Crippen molar-refractivity contribution >= 4 is 11.3 Å². The van der Waals surface area contributed by atoms with Crippen LogP contribution in [0.5, 0.6) is 17.2 Å². The monoisotopic (exact) mass is 501 g/mol. The smallest absolute Gasteiger partial charge is 0.269 e. The maximum atomic E-state index is 14.9. The Morgan fingerprint density at radius 1 is 0.946 bits per heavy atom. The third kappa shape index (κ3) is 4.84. The molecule has 0 radical (unpaired) electrons. The first-order chi connectivity index (χ1) is 17.9. The highest BCUT2D eigenvalue weighted by Gasteiger charge is 2.21. The second-order valence-corrected chi connectivity index (χ2v) is 8.14. The molecular weight excluding hydrogens is 480 g/mol. The van der Waals surface area contributed by atoms with E-state index in [-0.39, 0.29) is 30.1 Å². The topological polar surface area (TPSA) is 74.8 Å². The van der Waals surface area contributed by atoms with Crippen LogP contribution in [0.25, 0.3) is 11.2 Å². The molecule has 37 heavy (non-hydrogen) atoms. The van der Waals surface area contributed by atoms with Crippen LogP contribution in [0.3, 0.4) is 0 Å². The molecule has 0 aliphatic carbocycles. The van der Waals surface area contributed by atoms with Crippen molar-refractivity contribution in [1.29, 1.82) is 0 Å². The first kappa shape index (κ1) is 23.9. The van der Waals surface area contributed by atoms with Crippen LogP contribution in [-0.4, -0.2) is 26.6 Å². The summed E-state index contributed by atoms with van der Waals surface area (Å²) in [6, 6.07) is 16.2. The van der Waals surface area contributed by atoms with Gasteiger partial charge in [0.25, 0.3) is 5.56 Å².